The van der Waals surface area contributed by atoms with Crippen molar-refractivity contribution >= 4 is 27.6 Å². The summed E-state index contributed by atoms with van der Waals surface area (Å²) in [6, 6.07) is 0. The number of rotatable bonds is 38. The molecule has 0 aromatic rings. The maximum atomic E-state index is 13.0. The number of hydrogen-bond acceptors (Lipinski definition) is 14. The van der Waals surface area contributed by atoms with Crippen molar-refractivity contribution in [2.24, 2.45) is 0 Å². The topological polar surface area (TPSA) is 276 Å². The molecule has 0 aliphatic heterocycles. The van der Waals surface area contributed by atoms with Gasteiger partial charge in [-0.05, 0) is 70.6 Å². The molecule has 0 bridgehead atoms. The second-order valence-electron chi connectivity index (χ2n) is 16.3. The van der Waals surface area contributed by atoms with Crippen LogP contribution in [0.5, 0.6) is 0 Å². The van der Waals surface area contributed by atoms with Crippen LogP contribution in [0, 0.1) is 0 Å². The summed E-state index contributed by atoms with van der Waals surface area (Å²) in [6.45, 7) is 2.85. The lowest BCUT2D eigenvalue weighted by molar-refractivity contribution is -0.216. The van der Waals surface area contributed by atoms with Crippen LogP contribution >= 0.6 is 15.6 Å². The van der Waals surface area contributed by atoms with Gasteiger partial charge in [0.05, 0.1) is 12.7 Å². The Bertz CT molecular complexity index is 1570. The lowest BCUT2D eigenvalue weighted by Gasteiger charge is -2.43. The Hall–Kier alpha value is -2.60. The fourth-order valence-electron chi connectivity index (χ4n) is 6.67. The molecule has 1 saturated carbocycles. The van der Waals surface area contributed by atoms with E-state index in [0.717, 1.165) is 64.2 Å². The highest BCUT2D eigenvalue weighted by Crippen LogP contribution is 2.49. The minimum absolute atomic E-state index is 0.00653. The molecular weight excluding hydrogens is 898 g/mol. The van der Waals surface area contributed by atoms with Gasteiger partial charge in [0, 0.05) is 12.8 Å². The third-order valence-electron chi connectivity index (χ3n) is 10.3. The third-order valence-corrected chi connectivity index (χ3v) is 11.8. The number of esters is 2. The van der Waals surface area contributed by atoms with E-state index in [4.69, 9.17) is 18.5 Å². The molecule has 17 nitrogen and oxygen atoms in total. The van der Waals surface area contributed by atoms with Gasteiger partial charge in [0.1, 0.15) is 43.2 Å². The van der Waals surface area contributed by atoms with E-state index in [1.54, 1.807) is 12.2 Å². The number of aliphatic hydroxyl groups excluding tert-OH is 5. The zero-order valence-corrected chi connectivity index (χ0v) is 40.7. The monoisotopic (exact) mass is 978 g/mol. The van der Waals surface area contributed by atoms with Gasteiger partial charge in [0.2, 0.25) is 0 Å². The van der Waals surface area contributed by atoms with Crippen LogP contribution in [-0.2, 0) is 41.8 Å². The summed E-state index contributed by atoms with van der Waals surface area (Å²) in [5, 5.41) is 51.3. The second-order valence-corrected chi connectivity index (χ2v) is 18.9. The molecule has 380 valence electrons. The fourth-order valence-corrected chi connectivity index (χ4v) is 8.21. The van der Waals surface area contributed by atoms with E-state index in [2.05, 4.69) is 42.7 Å². The first-order chi connectivity index (χ1) is 31.5. The summed E-state index contributed by atoms with van der Waals surface area (Å²) in [6.07, 6.45) is 26.0. The molecule has 1 aliphatic rings. The Kier molecular flexibility index (Phi) is 34.7. The van der Waals surface area contributed by atoms with Crippen LogP contribution in [0.4, 0.5) is 0 Å². The van der Waals surface area contributed by atoms with Gasteiger partial charge in [-0.1, -0.05) is 138 Å². The second kappa shape index (κ2) is 37.3. The average Bonchev–Trinajstić information content (AvgIpc) is 3.27. The number of phosphoric ester groups is 2. The van der Waals surface area contributed by atoms with Gasteiger partial charge < -0.3 is 49.7 Å². The van der Waals surface area contributed by atoms with Gasteiger partial charge in [-0.3, -0.25) is 23.2 Å². The smallest absolute Gasteiger partial charge is 0.462 e. The molecule has 8 N–H and O–H groups in total. The van der Waals surface area contributed by atoms with Gasteiger partial charge in [-0.2, -0.15) is 0 Å². The van der Waals surface area contributed by atoms with Gasteiger partial charge in [-0.25, -0.2) is 9.13 Å². The molecule has 66 heavy (non-hydrogen) atoms. The Morgan fingerprint density at radius 1 is 0.576 bits per heavy atom. The van der Waals surface area contributed by atoms with E-state index in [0.29, 0.717) is 32.1 Å². The predicted molar refractivity (Wildman–Crippen MR) is 252 cm³/mol. The van der Waals surface area contributed by atoms with Crippen molar-refractivity contribution in [2.45, 2.75) is 198 Å². The van der Waals surface area contributed by atoms with Crippen LogP contribution in [0.25, 0.3) is 0 Å². The lowest BCUT2D eigenvalue weighted by atomic mass is 9.85. The van der Waals surface area contributed by atoms with E-state index in [9.17, 15) is 58.9 Å². The largest absolute Gasteiger partial charge is 0.472 e. The minimum Gasteiger partial charge on any atom is -0.462 e. The van der Waals surface area contributed by atoms with Gasteiger partial charge in [-0.15, -0.1) is 0 Å². The molecule has 0 aromatic carbocycles. The van der Waals surface area contributed by atoms with Crippen molar-refractivity contribution in [2.75, 3.05) is 13.2 Å². The number of carbonyl (C=O) groups is 2. The molecule has 0 heterocycles. The number of ether oxygens (including phenoxy) is 2. The number of phosphoric acid groups is 2. The molecule has 6 unspecified atom stereocenters. The summed E-state index contributed by atoms with van der Waals surface area (Å²) in [7, 11) is -10.7. The van der Waals surface area contributed by atoms with E-state index in [1.807, 2.05) is 36.5 Å². The standard InChI is InChI=1S/C47H80O17P2/c1-3-5-7-9-11-12-13-14-15-16-17-18-23-27-31-35-41(50)62-39(37-61-66(58,59)64-47-44(53)42(51)43(52)46(45(47)54)63-65(55,56)57)36-60-40(49)34-30-26-22-20-19-21-25-29-33-38(48)32-28-24-10-8-6-4-2/h6,8,12-13,20-22,24-25,28-29,33,38-39,42-48,51-54H,3-5,7,9-11,14-19,23,26-27,30-32,34-37H2,1-2H3,(H,58,59)(H2,55,56,57)/b8-6-,13-12-,22-20-,25-21-,28-24-,33-29+/t38?,39-,42?,43?,44?,45?,46-,47+/m1/s1. The number of unbranched alkanes of at least 4 members (excludes halogenated alkanes) is 12. The summed E-state index contributed by atoms with van der Waals surface area (Å²) < 4.78 is 49.3. The van der Waals surface area contributed by atoms with Crippen LogP contribution in [-0.4, -0.2) is 114 Å². The molecule has 1 fully saturated rings. The molecule has 0 saturated heterocycles. The van der Waals surface area contributed by atoms with Crippen LogP contribution in [0.2, 0.25) is 0 Å². The maximum absolute atomic E-state index is 13.0. The summed E-state index contributed by atoms with van der Waals surface area (Å²) in [5.74, 6) is -1.32. The van der Waals surface area contributed by atoms with E-state index in [1.165, 1.54) is 25.7 Å². The third kappa shape index (κ3) is 31.4. The summed E-state index contributed by atoms with van der Waals surface area (Å²) in [5.41, 5.74) is 0. The molecular formula is C47H80O17P2. The molecule has 0 spiro atoms. The fraction of sp³-hybridized carbons (Fsp3) is 0.702. The van der Waals surface area contributed by atoms with Crippen molar-refractivity contribution < 1.29 is 82.0 Å². The van der Waals surface area contributed by atoms with E-state index in [-0.39, 0.29) is 12.8 Å². The van der Waals surface area contributed by atoms with E-state index >= 15 is 0 Å². The highest BCUT2D eigenvalue weighted by molar-refractivity contribution is 7.47. The molecule has 0 amide bonds. The Balaban J connectivity index is 2.67. The van der Waals surface area contributed by atoms with Crippen molar-refractivity contribution in [1.29, 1.82) is 0 Å². The number of allylic oxidation sites excluding steroid dienone is 10. The van der Waals surface area contributed by atoms with Crippen molar-refractivity contribution in [3.63, 3.8) is 0 Å². The highest BCUT2D eigenvalue weighted by atomic mass is 31.2. The number of aliphatic hydroxyl groups is 5. The van der Waals surface area contributed by atoms with Crippen molar-refractivity contribution in [3.8, 4) is 0 Å². The SMILES string of the molecule is CC/C=C\C/C=C\CC(O)/C=C/C=C\C/C=C\CCCC(=O)OC[C@H](COP(=O)(O)O[C@H]1C(O)C(O)C(O)[C@@H](OP(=O)(O)O)C1O)OC(=O)CCCCCCCCC/C=C\CCCCCC. The molecule has 9 atom stereocenters. The first-order valence-electron chi connectivity index (χ1n) is 23.6. The summed E-state index contributed by atoms with van der Waals surface area (Å²) >= 11 is 0. The van der Waals surface area contributed by atoms with Gasteiger partial charge >= 0.3 is 27.6 Å². The minimum atomic E-state index is -5.38. The first-order valence-corrected chi connectivity index (χ1v) is 26.6. The zero-order valence-electron chi connectivity index (χ0n) is 39.0. The molecule has 0 radical (unpaired) electrons. The molecule has 1 rings (SSSR count). The maximum Gasteiger partial charge on any atom is 0.472 e. The number of carbonyl (C=O) groups excluding carboxylic acids is 2. The van der Waals surface area contributed by atoms with E-state index < -0.39 is 89.6 Å². The average molecular weight is 979 g/mol. The van der Waals surface area contributed by atoms with Crippen LogP contribution < -0.4 is 0 Å². The molecule has 0 aromatic heterocycles. The predicted octanol–water partition coefficient (Wildman–Crippen LogP) is 7.81. The van der Waals surface area contributed by atoms with Crippen LogP contribution in [0.3, 0.4) is 0 Å². The Morgan fingerprint density at radius 3 is 1.77 bits per heavy atom. The van der Waals surface area contributed by atoms with Crippen molar-refractivity contribution in [3.05, 3.63) is 72.9 Å². The quantitative estimate of drug-likeness (QED) is 0.00963. The summed E-state index contributed by atoms with van der Waals surface area (Å²) in [4.78, 5) is 54.2. The van der Waals surface area contributed by atoms with Gasteiger partial charge in [0.15, 0.2) is 6.10 Å². The first kappa shape index (κ1) is 61.4. The Morgan fingerprint density at radius 2 is 1.12 bits per heavy atom. The normalized spacial score (nSPS) is 22.6. The Labute approximate surface area is 392 Å². The van der Waals surface area contributed by atoms with Crippen molar-refractivity contribution in [1.82, 2.24) is 0 Å². The molecule has 1 aliphatic carbocycles. The van der Waals surface area contributed by atoms with Crippen LogP contribution in [0.15, 0.2) is 72.9 Å². The van der Waals surface area contributed by atoms with Gasteiger partial charge in [0.25, 0.3) is 0 Å². The number of hydrogen-bond donors (Lipinski definition) is 8. The van der Waals surface area contributed by atoms with Crippen LogP contribution in [0.1, 0.15) is 149 Å². The lowest BCUT2D eigenvalue weighted by Crippen LogP contribution is -2.64. The highest BCUT2D eigenvalue weighted by Gasteiger charge is 2.54. The zero-order chi connectivity index (χ0) is 49.1. The molecule has 19 heteroatoms.